The molecule has 0 spiro atoms. The van der Waals surface area contributed by atoms with Crippen molar-refractivity contribution in [2.24, 2.45) is 0 Å². The van der Waals surface area contributed by atoms with Crippen molar-refractivity contribution in [1.82, 2.24) is 3.97 Å². The van der Waals surface area contributed by atoms with Crippen molar-refractivity contribution in [2.45, 2.75) is 45.1 Å². The van der Waals surface area contributed by atoms with E-state index >= 15 is 0 Å². The molecular formula is C13H19NO4S. The van der Waals surface area contributed by atoms with Crippen molar-refractivity contribution in [3.8, 4) is 0 Å². The molecule has 0 aliphatic heterocycles. The molecule has 0 N–H and O–H groups in total. The van der Waals surface area contributed by atoms with Gasteiger partial charge in [0.1, 0.15) is 5.60 Å². The molecule has 0 unspecified atom stereocenters. The fourth-order valence-electron chi connectivity index (χ4n) is 1.87. The van der Waals surface area contributed by atoms with Crippen LogP contribution in [0.4, 0.5) is 0 Å². The second-order valence-corrected chi connectivity index (χ2v) is 7.85. The summed E-state index contributed by atoms with van der Waals surface area (Å²) in [5, 5.41) is 0. The largest absolute Gasteiger partial charge is 0.456 e. The van der Waals surface area contributed by atoms with Crippen LogP contribution in [-0.4, -0.2) is 30.2 Å². The zero-order valence-electron chi connectivity index (χ0n) is 11.6. The van der Waals surface area contributed by atoms with Crippen molar-refractivity contribution in [1.29, 1.82) is 0 Å². The summed E-state index contributed by atoms with van der Waals surface area (Å²) in [5.41, 5.74) is 0.384. The molecule has 0 aromatic carbocycles. The van der Waals surface area contributed by atoms with Gasteiger partial charge >= 0.3 is 5.97 Å². The zero-order valence-corrected chi connectivity index (χ0v) is 12.5. The second-order valence-electron chi connectivity index (χ2n) is 5.99. The number of ether oxygens (including phenoxy) is 1. The fourth-order valence-corrected chi connectivity index (χ4v) is 2.76. The molecule has 1 saturated carbocycles. The molecule has 1 aromatic rings. The minimum absolute atomic E-state index is 0.242. The minimum atomic E-state index is -3.39. The third kappa shape index (κ3) is 3.37. The highest BCUT2D eigenvalue weighted by Gasteiger charge is 2.31. The Labute approximate surface area is 113 Å². The van der Waals surface area contributed by atoms with Crippen LogP contribution in [0.15, 0.2) is 12.3 Å². The van der Waals surface area contributed by atoms with Crippen molar-refractivity contribution >= 4 is 16.0 Å². The van der Waals surface area contributed by atoms with Crippen LogP contribution in [0.5, 0.6) is 0 Å². The minimum Gasteiger partial charge on any atom is -0.456 e. The van der Waals surface area contributed by atoms with E-state index in [2.05, 4.69) is 0 Å². The second kappa shape index (κ2) is 4.37. The van der Waals surface area contributed by atoms with Gasteiger partial charge in [0.05, 0.1) is 11.8 Å². The highest BCUT2D eigenvalue weighted by Crippen LogP contribution is 2.41. The van der Waals surface area contributed by atoms with Gasteiger partial charge in [0.15, 0.2) is 0 Å². The van der Waals surface area contributed by atoms with E-state index in [9.17, 15) is 13.2 Å². The lowest BCUT2D eigenvalue weighted by molar-refractivity contribution is 0.00697. The molecule has 1 fully saturated rings. The lowest BCUT2D eigenvalue weighted by Crippen LogP contribution is -2.23. The van der Waals surface area contributed by atoms with E-state index in [0.717, 1.165) is 19.1 Å². The average Bonchev–Trinajstić information content (AvgIpc) is 2.92. The third-order valence-corrected chi connectivity index (χ3v) is 3.83. The molecule has 0 radical (unpaired) electrons. The molecule has 19 heavy (non-hydrogen) atoms. The maximum absolute atomic E-state index is 12.0. The standard InChI is InChI=1S/C13H19NO4S/c1-13(2,3)18-12(15)10-7-11(9-5-6-9)14(8-10)19(4,16)17/h7-9H,5-6H2,1-4H3. The monoisotopic (exact) mass is 285 g/mol. The van der Waals surface area contributed by atoms with Gasteiger partial charge in [-0.05, 0) is 39.7 Å². The number of hydrogen-bond acceptors (Lipinski definition) is 4. The number of carbonyl (C=O) groups is 1. The Morgan fingerprint density at radius 1 is 1.37 bits per heavy atom. The molecule has 0 amide bonds. The molecule has 2 rings (SSSR count). The summed E-state index contributed by atoms with van der Waals surface area (Å²) >= 11 is 0. The van der Waals surface area contributed by atoms with E-state index in [4.69, 9.17) is 4.74 Å². The van der Waals surface area contributed by atoms with Gasteiger partial charge in [0.25, 0.3) is 0 Å². The molecule has 1 aliphatic carbocycles. The Bertz CT molecular complexity index is 603. The van der Waals surface area contributed by atoms with Crippen LogP contribution in [-0.2, 0) is 14.8 Å². The van der Waals surface area contributed by atoms with Crippen molar-refractivity contribution in [2.75, 3.05) is 6.26 Å². The molecule has 1 aliphatic rings. The Hall–Kier alpha value is -1.30. The van der Waals surface area contributed by atoms with Crippen molar-refractivity contribution < 1.29 is 17.9 Å². The van der Waals surface area contributed by atoms with Crippen molar-refractivity contribution in [3.63, 3.8) is 0 Å². The van der Waals surface area contributed by atoms with E-state index < -0.39 is 21.6 Å². The van der Waals surface area contributed by atoms with Crippen molar-refractivity contribution in [3.05, 3.63) is 23.5 Å². The molecule has 0 saturated heterocycles. The first-order valence-corrected chi connectivity index (χ1v) is 8.09. The van der Waals surface area contributed by atoms with Crippen LogP contribution >= 0.6 is 0 Å². The van der Waals surface area contributed by atoms with E-state index in [1.807, 2.05) is 0 Å². The highest BCUT2D eigenvalue weighted by atomic mass is 32.2. The van der Waals surface area contributed by atoms with Gasteiger partial charge in [0.2, 0.25) is 10.0 Å². The molecule has 5 nitrogen and oxygen atoms in total. The lowest BCUT2D eigenvalue weighted by atomic mass is 10.2. The van der Waals surface area contributed by atoms with E-state index in [0.29, 0.717) is 11.3 Å². The van der Waals surface area contributed by atoms with Gasteiger partial charge in [0, 0.05) is 17.8 Å². The number of aromatic nitrogens is 1. The summed E-state index contributed by atoms with van der Waals surface area (Å²) in [6.07, 6.45) is 4.43. The summed E-state index contributed by atoms with van der Waals surface area (Å²) in [5.74, 6) is -0.247. The maximum Gasteiger partial charge on any atom is 0.340 e. The third-order valence-electron chi connectivity index (χ3n) is 2.80. The number of esters is 1. The first kappa shape index (κ1) is 14.1. The van der Waals surface area contributed by atoms with Gasteiger partial charge in [-0.15, -0.1) is 0 Å². The lowest BCUT2D eigenvalue weighted by Gasteiger charge is -2.18. The number of rotatable bonds is 3. The van der Waals surface area contributed by atoms with Gasteiger partial charge in [-0.25, -0.2) is 17.2 Å². The molecule has 6 heteroatoms. The van der Waals surface area contributed by atoms with E-state index in [-0.39, 0.29) is 5.92 Å². The van der Waals surface area contributed by atoms with Gasteiger partial charge < -0.3 is 4.74 Å². The van der Waals surface area contributed by atoms with Gasteiger partial charge in [-0.3, -0.25) is 0 Å². The SMILES string of the molecule is CC(C)(C)OC(=O)c1cc(C2CC2)n(S(C)(=O)=O)c1. The highest BCUT2D eigenvalue weighted by molar-refractivity contribution is 7.89. The van der Waals surface area contributed by atoms with E-state index in [1.165, 1.54) is 10.2 Å². The first-order chi connectivity index (χ1) is 8.58. The number of nitrogens with zero attached hydrogens (tertiary/aromatic N) is 1. The smallest absolute Gasteiger partial charge is 0.340 e. The van der Waals surface area contributed by atoms with Crippen LogP contribution in [0, 0.1) is 0 Å². The van der Waals surface area contributed by atoms with Crippen LogP contribution in [0.2, 0.25) is 0 Å². The Morgan fingerprint density at radius 2 is 1.95 bits per heavy atom. The van der Waals surface area contributed by atoms with Crippen LogP contribution < -0.4 is 0 Å². The fraction of sp³-hybridized carbons (Fsp3) is 0.615. The molecule has 106 valence electrons. The summed E-state index contributed by atoms with van der Waals surface area (Å²) in [6.45, 7) is 5.33. The van der Waals surface area contributed by atoms with Crippen LogP contribution in [0.3, 0.4) is 0 Å². The number of hydrogen-bond donors (Lipinski definition) is 0. The summed E-state index contributed by atoms with van der Waals surface area (Å²) in [7, 11) is -3.39. The maximum atomic E-state index is 12.0. The normalized spacial score (nSPS) is 16.4. The summed E-state index contributed by atoms with van der Waals surface area (Å²) in [4.78, 5) is 12.0. The summed E-state index contributed by atoms with van der Waals surface area (Å²) < 4.78 is 29.9. The first-order valence-electron chi connectivity index (χ1n) is 6.24. The Kier molecular flexibility index (Phi) is 3.24. The van der Waals surface area contributed by atoms with Gasteiger partial charge in [-0.2, -0.15) is 0 Å². The van der Waals surface area contributed by atoms with Crippen LogP contribution in [0.25, 0.3) is 0 Å². The van der Waals surface area contributed by atoms with Gasteiger partial charge in [-0.1, -0.05) is 0 Å². The van der Waals surface area contributed by atoms with E-state index in [1.54, 1.807) is 26.8 Å². The Morgan fingerprint density at radius 3 is 2.37 bits per heavy atom. The average molecular weight is 285 g/mol. The Balaban J connectivity index is 2.36. The summed E-state index contributed by atoms with van der Waals surface area (Å²) in [6, 6.07) is 1.63. The molecule has 0 atom stereocenters. The van der Waals surface area contributed by atoms with Crippen LogP contribution in [0.1, 0.15) is 55.6 Å². The topological polar surface area (TPSA) is 65.4 Å². The molecule has 1 heterocycles. The molecular weight excluding hydrogens is 266 g/mol. The predicted molar refractivity (Wildman–Crippen MR) is 71.8 cm³/mol. The predicted octanol–water partition coefficient (Wildman–Crippen LogP) is 2.13. The quantitative estimate of drug-likeness (QED) is 0.798. The molecule has 1 aromatic heterocycles. The number of carbonyl (C=O) groups excluding carboxylic acids is 1. The molecule has 0 bridgehead atoms. The zero-order chi connectivity index (χ0) is 14.4.